The summed E-state index contributed by atoms with van der Waals surface area (Å²) in [6.45, 7) is 2.07. The van der Waals surface area contributed by atoms with Crippen LogP contribution in [0.5, 0.6) is 0 Å². The van der Waals surface area contributed by atoms with Gasteiger partial charge in [-0.1, -0.05) is 41.8 Å². The Morgan fingerprint density at radius 1 is 1.00 bits per heavy atom. The first-order valence-electron chi connectivity index (χ1n) is 15.6. The van der Waals surface area contributed by atoms with Crippen molar-refractivity contribution in [3.8, 4) is 0 Å². The van der Waals surface area contributed by atoms with Crippen LogP contribution in [0.15, 0.2) is 45.6 Å². The molecule has 2 N–H and O–H groups in total. The number of guanidine groups is 1. The molecule has 0 saturated heterocycles. The van der Waals surface area contributed by atoms with E-state index in [-0.39, 0.29) is 0 Å². The van der Waals surface area contributed by atoms with E-state index < -0.39 is 0 Å². The van der Waals surface area contributed by atoms with E-state index >= 15 is 0 Å². The van der Waals surface area contributed by atoms with Gasteiger partial charge in [0.25, 0.3) is 0 Å². The molecule has 0 bridgehead atoms. The van der Waals surface area contributed by atoms with Crippen LogP contribution in [-0.4, -0.2) is 49.6 Å². The third-order valence-electron chi connectivity index (χ3n) is 9.50. The summed E-state index contributed by atoms with van der Waals surface area (Å²) in [5, 5.41) is 3.56. The van der Waals surface area contributed by atoms with Gasteiger partial charge in [-0.25, -0.2) is 0 Å². The SMILES string of the molecule is CN(C)C1=NC(=NCC2CCC(CNSCC(C3=CCCCC3)C3C=CCCC3)CC2)NC2=CCCCC21. The summed E-state index contributed by atoms with van der Waals surface area (Å²) < 4.78 is 3.80. The first kappa shape index (κ1) is 28.0. The number of rotatable bonds is 9. The van der Waals surface area contributed by atoms with Gasteiger partial charge >= 0.3 is 0 Å². The Morgan fingerprint density at radius 3 is 2.58 bits per heavy atom. The maximum atomic E-state index is 4.96. The number of hydrogen-bond donors (Lipinski definition) is 2. The summed E-state index contributed by atoms with van der Waals surface area (Å²) in [5.74, 6) is 6.66. The van der Waals surface area contributed by atoms with Gasteiger partial charge < -0.3 is 10.2 Å². The molecule has 5 rings (SSSR count). The molecule has 1 fully saturated rings. The monoisotopic (exact) mass is 537 g/mol. The molecule has 3 unspecified atom stereocenters. The number of nitrogens with zero attached hydrogens (tertiary/aromatic N) is 3. The van der Waals surface area contributed by atoms with Crippen LogP contribution in [0.1, 0.15) is 89.9 Å². The average Bonchev–Trinajstić information content (AvgIpc) is 2.97. The normalized spacial score (nSPS) is 31.5. The third-order valence-corrected chi connectivity index (χ3v) is 10.4. The predicted molar refractivity (Wildman–Crippen MR) is 164 cm³/mol. The molecule has 5 nitrogen and oxygen atoms in total. The molecule has 0 aromatic rings. The highest BCUT2D eigenvalue weighted by molar-refractivity contribution is 7.97. The number of amidine groups is 1. The zero-order chi connectivity index (χ0) is 26.2. The van der Waals surface area contributed by atoms with E-state index in [9.17, 15) is 0 Å². The van der Waals surface area contributed by atoms with Crippen LogP contribution in [0.4, 0.5) is 0 Å². The summed E-state index contributed by atoms with van der Waals surface area (Å²) in [5.41, 5.74) is 3.08. The quantitative estimate of drug-likeness (QED) is 0.187. The lowest BCUT2D eigenvalue weighted by Gasteiger charge is -2.34. The maximum absolute atomic E-state index is 4.96. The van der Waals surface area contributed by atoms with E-state index in [2.05, 4.69) is 53.3 Å². The summed E-state index contributed by atoms with van der Waals surface area (Å²) in [6.07, 6.45) is 28.2. The molecule has 0 aromatic heterocycles. The van der Waals surface area contributed by atoms with Gasteiger partial charge in [0, 0.05) is 38.6 Å². The first-order chi connectivity index (χ1) is 18.7. The van der Waals surface area contributed by atoms with Crippen LogP contribution in [0.3, 0.4) is 0 Å². The van der Waals surface area contributed by atoms with Gasteiger partial charge in [-0.05, 0) is 114 Å². The second-order valence-corrected chi connectivity index (χ2v) is 13.4. The molecule has 1 heterocycles. The summed E-state index contributed by atoms with van der Waals surface area (Å²) >= 11 is 2.00. The highest BCUT2D eigenvalue weighted by atomic mass is 32.2. The summed E-state index contributed by atoms with van der Waals surface area (Å²) in [7, 11) is 4.23. The minimum Gasteiger partial charge on any atom is -0.366 e. The molecule has 38 heavy (non-hydrogen) atoms. The van der Waals surface area contributed by atoms with Crippen molar-refractivity contribution in [3.05, 3.63) is 35.6 Å². The van der Waals surface area contributed by atoms with Gasteiger partial charge in [0.05, 0.1) is 5.92 Å². The molecule has 0 radical (unpaired) electrons. The van der Waals surface area contributed by atoms with Crippen molar-refractivity contribution in [2.45, 2.75) is 89.9 Å². The molecule has 210 valence electrons. The Balaban J connectivity index is 1.04. The fourth-order valence-electron chi connectivity index (χ4n) is 7.15. The molecular weight excluding hydrogens is 486 g/mol. The van der Waals surface area contributed by atoms with Crippen LogP contribution < -0.4 is 10.0 Å². The van der Waals surface area contributed by atoms with Crippen molar-refractivity contribution < 1.29 is 0 Å². The molecule has 1 saturated carbocycles. The zero-order valence-electron chi connectivity index (χ0n) is 24.0. The fourth-order valence-corrected chi connectivity index (χ4v) is 8.26. The smallest absolute Gasteiger partial charge is 0.223 e. The van der Waals surface area contributed by atoms with Crippen LogP contribution in [0, 0.1) is 29.6 Å². The van der Waals surface area contributed by atoms with Crippen molar-refractivity contribution in [2.24, 2.45) is 39.6 Å². The van der Waals surface area contributed by atoms with Gasteiger partial charge in [-0.3, -0.25) is 9.71 Å². The molecule has 0 aromatic carbocycles. The maximum Gasteiger partial charge on any atom is 0.223 e. The lowest BCUT2D eigenvalue weighted by atomic mass is 9.78. The van der Waals surface area contributed by atoms with Crippen molar-refractivity contribution in [1.82, 2.24) is 14.9 Å². The van der Waals surface area contributed by atoms with Crippen molar-refractivity contribution in [2.75, 3.05) is 32.9 Å². The standard InChI is InChI=1S/C32H51N5S/c1-37(2)31-28-15-9-10-16-30(28)35-32(36-31)33-21-24-17-19-25(20-18-24)22-34-38-23-29(26-11-5-3-6-12-26)27-13-7-4-8-14-27/h5,11,13,16,24-26,28-29,34H,3-4,6-10,12,14-15,17-23H2,1-2H3,(H,33,35). The van der Waals surface area contributed by atoms with Crippen LogP contribution in [0.25, 0.3) is 0 Å². The highest BCUT2D eigenvalue weighted by Gasteiger charge is 2.30. The van der Waals surface area contributed by atoms with E-state index in [0.29, 0.717) is 11.8 Å². The predicted octanol–water partition coefficient (Wildman–Crippen LogP) is 7.11. The Bertz CT molecular complexity index is 924. The molecule has 0 spiro atoms. The second-order valence-electron chi connectivity index (χ2n) is 12.5. The molecule has 3 atom stereocenters. The van der Waals surface area contributed by atoms with E-state index in [1.807, 2.05) is 11.9 Å². The summed E-state index contributed by atoms with van der Waals surface area (Å²) in [4.78, 5) is 12.1. The molecule has 4 aliphatic carbocycles. The Kier molecular flexibility index (Phi) is 10.5. The van der Waals surface area contributed by atoms with Crippen LogP contribution in [0.2, 0.25) is 0 Å². The van der Waals surface area contributed by atoms with Crippen molar-refractivity contribution in [1.29, 1.82) is 0 Å². The number of hydrogen-bond acceptors (Lipinski definition) is 4. The van der Waals surface area contributed by atoms with E-state index in [1.54, 1.807) is 5.57 Å². The van der Waals surface area contributed by atoms with Crippen LogP contribution in [-0.2, 0) is 0 Å². The van der Waals surface area contributed by atoms with Crippen molar-refractivity contribution in [3.63, 3.8) is 0 Å². The van der Waals surface area contributed by atoms with Gasteiger partial charge in [-0.15, -0.1) is 0 Å². The fraction of sp³-hybridized carbons (Fsp3) is 0.750. The Morgan fingerprint density at radius 2 is 1.82 bits per heavy atom. The van der Waals surface area contributed by atoms with E-state index in [4.69, 9.17) is 9.98 Å². The van der Waals surface area contributed by atoms with E-state index in [1.165, 1.54) is 107 Å². The second kappa shape index (κ2) is 14.2. The molecular formula is C32H51N5S. The molecule has 0 amide bonds. The largest absolute Gasteiger partial charge is 0.366 e. The van der Waals surface area contributed by atoms with Gasteiger partial charge in [0.2, 0.25) is 5.96 Å². The minimum atomic E-state index is 0.423. The lowest BCUT2D eigenvalue weighted by Crippen LogP contribution is -2.43. The molecule has 6 heteroatoms. The Labute approximate surface area is 236 Å². The number of allylic oxidation sites excluding steroid dienone is 5. The van der Waals surface area contributed by atoms with Crippen LogP contribution >= 0.6 is 11.9 Å². The molecule has 5 aliphatic rings. The van der Waals surface area contributed by atoms with Crippen molar-refractivity contribution >= 4 is 23.7 Å². The molecule has 1 aliphatic heterocycles. The number of aliphatic imine (C=N–C) groups is 2. The lowest BCUT2D eigenvalue weighted by molar-refractivity contribution is 0.282. The number of fused-ring (bicyclic) bond motifs is 1. The van der Waals surface area contributed by atoms with Gasteiger partial charge in [-0.2, -0.15) is 4.99 Å². The third kappa shape index (κ3) is 7.56. The average molecular weight is 538 g/mol. The van der Waals surface area contributed by atoms with Gasteiger partial charge in [0.15, 0.2) is 0 Å². The van der Waals surface area contributed by atoms with E-state index in [0.717, 1.165) is 36.8 Å². The highest BCUT2D eigenvalue weighted by Crippen LogP contribution is 2.36. The summed E-state index contributed by atoms with van der Waals surface area (Å²) in [6, 6.07) is 0. The topological polar surface area (TPSA) is 52.0 Å². The zero-order valence-corrected chi connectivity index (χ0v) is 24.8. The van der Waals surface area contributed by atoms with Gasteiger partial charge in [0.1, 0.15) is 5.84 Å². The minimum absolute atomic E-state index is 0.423. The number of nitrogens with one attached hydrogen (secondary N) is 2. The Hall–Kier alpha value is -1.53. The first-order valence-corrected chi connectivity index (χ1v) is 16.6.